The summed E-state index contributed by atoms with van der Waals surface area (Å²) in [6.45, 7) is 0.126. The van der Waals surface area contributed by atoms with Gasteiger partial charge in [-0.2, -0.15) is 11.8 Å². The number of nitrogens with two attached hydrogens (primary N) is 1. The molecule has 1 aromatic heterocycles. The summed E-state index contributed by atoms with van der Waals surface area (Å²) >= 11 is 1.88. The van der Waals surface area contributed by atoms with Gasteiger partial charge in [-0.25, -0.2) is 0 Å². The Balaban J connectivity index is 1.68. The summed E-state index contributed by atoms with van der Waals surface area (Å²) in [6, 6.07) is 3.92. The minimum absolute atomic E-state index is 0.126. The fourth-order valence-electron chi connectivity index (χ4n) is 2.60. The SMILES string of the molecule is NC1(CO)CCCC1CCSCc1ccco1. The van der Waals surface area contributed by atoms with Crippen molar-refractivity contribution in [1.29, 1.82) is 0 Å². The molecule has 2 rings (SSSR count). The van der Waals surface area contributed by atoms with E-state index in [4.69, 9.17) is 10.2 Å². The van der Waals surface area contributed by atoms with Gasteiger partial charge in [0.15, 0.2) is 0 Å². The van der Waals surface area contributed by atoms with E-state index in [2.05, 4.69) is 0 Å². The molecule has 0 radical (unpaired) electrons. The van der Waals surface area contributed by atoms with Crippen molar-refractivity contribution in [2.75, 3.05) is 12.4 Å². The highest BCUT2D eigenvalue weighted by Gasteiger charge is 2.38. The van der Waals surface area contributed by atoms with Gasteiger partial charge in [0.05, 0.1) is 18.6 Å². The van der Waals surface area contributed by atoms with Crippen LogP contribution >= 0.6 is 11.8 Å². The number of thioether (sulfide) groups is 1. The van der Waals surface area contributed by atoms with Crippen molar-refractivity contribution in [3.8, 4) is 0 Å². The van der Waals surface area contributed by atoms with Crippen molar-refractivity contribution in [2.24, 2.45) is 11.7 Å². The molecule has 0 spiro atoms. The molecule has 0 amide bonds. The largest absolute Gasteiger partial charge is 0.468 e. The Morgan fingerprint density at radius 3 is 3.18 bits per heavy atom. The molecule has 1 fully saturated rings. The zero-order chi connectivity index (χ0) is 12.1. The summed E-state index contributed by atoms with van der Waals surface area (Å²) < 4.78 is 5.28. The van der Waals surface area contributed by atoms with Crippen molar-refractivity contribution >= 4 is 11.8 Å². The Labute approximate surface area is 107 Å². The van der Waals surface area contributed by atoms with Gasteiger partial charge in [0.25, 0.3) is 0 Å². The predicted molar refractivity (Wildman–Crippen MR) is 70.8 cm³/mol. The van der Waals surface area contributed by atoms with Crippen molar-refractivity contribution in [1.82, 2.24) is 0 Å². The summed E-state index contributed by atoms with van der Waals surface area (Å²) in [7, 11) is 0. The van der Waals surface area contributed by atoms with Crippen LogP contribution in [0.1, 0.15) is 31.4 Å². The van der Waals surface area contributed by atoms with Crippen LogP contribution in [0.5, 0.6) is 0 Å². The lowest BCUT2D eigenvalue weighted by molar-refractivity contribution is 0.158. The van der Waals surface area contributed by atoms with Gasteiger partial charge < -0.3 is 15.3 Å². The van der Waals surface area contributed by atoms with Crippen LogP contribution in [0.3, 0.4) is 0 Å². The normalized spacial score (nSPS) is 28.7. The summed E-state index contributed by atoms with van der Waals surface area (Å²) in [5, 5.41) is 9.36. The molecule has 2 atom stereocenters. The number of furan rings is 1. The minimum Gasteiger partial charge on any atom is -0.468 e. The van der Waals surface area contributed by atoms with Crippen LogP contribution < -0.4 is 5.73 Å². The first-order valence-electron chi connectivity index (χ1n) is 6.24. The van der Waals surface area contributed by atoms with E-state index >= 15 is 0 Å². The van der Waals surface area contributed by atoms with Gasteiger partial charge in [0, 0.05) is 5.54 Å². The molecule has 1 aliphatic carbocycles. The molecule has 96 valence electrons. The maximum atomic E-state index is 9.36. The van der Waals surface area contributed by atoms with Gasteiger partial charge >= 0.3 is 0 Å². The summed E-state index contributed by atoms with van der Waals surface area (Å²) in [4.78, 5) is 0. The van der Waals surface area contributed by atoms with Crippen molar-refractivity contribution in [2.45, 2.75) is 37.0 Å². The fraction of sp³-hybridized carbons (Fsp3) is 0.692. The van der Waals surface area contributed by atoms with Crippen LogP contribution in [0.15, 0.2) is 22.8 Å². The Kier molecular flexibility index (Phi) is 4.54. The molecule has 0 aliphatic heterocycles. The highest BCUT2D eigenvalue weighted by Crippen LogP contribution is 2.36. The van der Waals surface area contributed by atoms with Crippen LogP contribution in [0.4, 0.5) is 0 Å². The first-order valence-corrected chi connectivity index (χ1v) is 7.40. The third-order valence-corrected chi connectivity index (χ3v) is 4.75. The molecule has 3 nitrogen and oxygen atoms in total. The zero-order valence-electron chi connectivity index (χ0n) is 10.1. The molecule has 1 aliphatic rings. The van der Waals surface area contributed by atoms with E-state index in [0.717, 1.165) is 36.5 Å². The first-order chi connectivity index (χ1) is 8.24. The Bertz CT molecular complexity index is 328. The highest BCUT2D eigenvalue weighted by atomic mass is 32.2. The molecule has 1 aromatic rings. The van der Waals surface area contributed by atoms with E-state index in [1.165, 1.54) is 6.42 Å². The Morgan fingerprint density at radius 2 is 2.47 bits per heavy atom. The molecule has 3 N–H and O–H groups in total. The molecule has 1 saturated carbocycles. The Hall–Kier alpha value is -0.450. The average molecular weight is 255 g/mol. The lowest BCUT2D eigenvalue weighted by atomic mass is 9.87. The van der Waals surface area contributed by atoms with E-state index in [1.807, 2.05) is 23.9 Å². The third kappa shape index (κ3) is 3.27. The average Bonchev–Trinajstić information content (AvgIpc) is 2.95. The molecule has 0 aromatic carbocycles. The summed E-state index contributed by atoms with van der Waals surface area (Å²) in [5.41, 5.74) is 5.89. The zero-order valence-corrected chi connectivity index (χ0v) is 10.9. The summed E-state index contributed by atoms with van der Waals surface area (Å²) in [5.74, 6) is 3.53. The maximum absolute atomic E-state index is 9.36. The number of hydrogen-bond donors (Lipinski definition) is 2. The standard InChI is InChI=1S/C13H21NO2S/c14-13(10-15)6-1-3-11(13)5-8-17-9-12-4-2-7-16-12/h2,4,7,11,15H,1,3,5-6,8-10,14H2. The minimum atomic E-state index is -0.314. The molecule has 4 heteroatoms. The second-order valence-electron chi connectivity index (χ2n) is 4.90. The van der Waals surface area contributed by atoms with Gasteiger partial charge in [-0.05, 0) is 43.1 Å². The monoisotopic (exact) mass is 255 g/mol. The van der Waals surface area contributed by atoms with Crippen molar-refractivity contribution in [3.05, 3.63) is 24.2 Å². The van der Waals surface area contributed by atoms with E-state index < -0.39 is 0 Å². The van der Waals surface area contributed by atoms with Gasteiger partial charge in [-0.1, -0.05) is 6.42 Å². The van der Waals surface area contributed by atoms with Gasteiger partial charge in [-0.15, -0.1) is 0 Å². The quantitative estimate of drug-likeness (QED) is 0.766. The van der Waals surface area contributed by atoms with E-state index in [1.54, 1.807) is 6.26 Å². The maximum Gasteiger partial charge on any atom is 0.113 e. The number of aliphatic hydroxyl groups excluding tert-OH is 1. The number of aliphatic hydroxyl groups is 1. The Morgan fingerprint density at radius 1 is 1.59 bits per heavy atom. The molecule has 2 unspecified atom stereocenters. The van der Waals surface area contributed by atoms with Crippen LogP contribution in [-0.4, -0.2) is 23.0 Å². The first kappa shape index (κ1) is 13.0. The van der Waals surface area contributed by atoms with E-state index in [0.29, 0.717) is 5.92 Å². The predicted octanol–water partition coefficient (Wildman–Crippen LogP) is 2.39. The number of hydrogen-bond acceptors (Lipinski definition) is 4. The van der Waals surface area contributed by atoms with E-state index in [-0.39, 0.29) is 12.1 Å². The molecular weight excluding hydrogens is 234 g/mol. The van der Waals surface area contributed by atoms with Crippen molar-refractivity contribution < 1.29 is 9.52 Å². The highest BCUT2D eigenvalue weighted by molar-refractivity contribution is 7.98. The molecule has 0 saturated heterocycles. The summed E-state index contributed by atoms with van der Waals surface area (Å²) in [6.07, 6.45) is 6.10. The van der Waals surface area contributed by atoms with Gasteiger partial charge in [-0.3, -0.25) is 0 Å². The van der Waals surface area contributed by atoms with E-state index in [9.17, 15) is 5.11 Å². The van der Waals surface area contributed by atoms with Crippen molar-refractivity contribution in [3.63, 3.8) is 0 Å². The molecule has 0 bridgehead atoms. The lowest BCUT2D eigenvalue weighted by Crippen LogP contribution is -2.47. The second-order valence-corrected chi connectivity index (χ2v) is 6.01. The molecular formula is C13H21NO2S. The smallest absolute Gasteiger partial charge is 0.113 e. The van der Waals surface area contributed by atoms with Crippen LogP contribution in [0, 0.1) is 5.92 Å². The van der Waals surface area contributed by atoms with Crippen LogP contribution in [0.2, 0.25) is 0 Å². The second kappa shape index (κ2) is 5.94. The lowest BCUT2D eigenvalue weighted by Gasteiger charge is -2.29. The van der Waals surface area contributed by atoms with Gasteiger partial charge in [0.2, 0.25) is 0 Å². The topological polar surface area (TPSA) is 59.4 Å². The molecule has 17 heavy (non-hydrogen) atoms. The molecule has 1 heterocycles. The third-order valence-electron chi connectivity index (χ3n) is 3.74. The van der Waals surface area contributed by atoms with Crippen LogP contribution in [-0.2, 0) is 5.75 Å². The van der Waals surface area contributed by atoms with Gasteiger partial charge in [0.1, 0.15) is 5.76 Å². The van der Waals surface area contributed by atoms with Crippen LogP contribution in [0.25, 0.3) is 0 Å². The number of rotatable bonds is 6. The fourth-order valence-corrected chi connectivity index (χ4v) is 3.56.